The van der Waals surface area contributed by atoms with E-state index >= 15 is 0 Å². The number of carbonyl (C=O) groups excluding carboxylic acids is 4. The quantitative estimate of drug-likeness (QED) is 0.325. The molecule has 0 bridgehead atoms. The normalized spacial score (nSPS) is 24.9. The molecule has 5 amide bonds. The molecule has 9 rings (SSSR count). The number of hydrogen-bond acceptors (Lipinski definition) is 11. The summed E-state index contributed by atoms with van der Waals surface area (Å²) in [6, 6.07) is 11.7. The van der Waals surface area contributed by atoms with Gasteiger partial charge >= 0.3 is 6.03 Å². The first-order valence-corrected chi connectivity index (χ1v) is 20.5. The van der Waals surface area contributed by atoms with Crippen LogP contribution in [0.15, 0.2) is 42.5 Å². The summed E-state index contributed by atoms with van der Waals surface area (Å²) in [5.41, 5.74) is 3.27. The van der Waals surface area contributed by atoms with Crippen molar-refractivity contribution in [2.75, 3.05) is 80.6 Å². The Morgan fingerprint density at radius 3 is 2.52 bits per heavy atom. The third-order valence-corrected chi connectivity index (χ3v) is 13.2. The molecule has 3 N–H and O–H groups in total. The van der Waals surface area contributed by atoms with Crippen molar-refractivity contribution in [3.63, 3.8) is 0 Å². The minimum atomic E-state index is -0.715. The maximum atomic E-state index is 14.3. The number of carbonyl (C=O) groups is 4. The van der Waals surface area contributed by atoms with E-state index < -0.39 is 29.1 Å². The van der Waals surface area contributed by atoms with Crippen molar-refractivity contribution in [1.29, 1.82) is 0 Å². The smallest absolute Gasteiger partial charge is 0.320 e. The molecule has 0 saturated carbocycles. The number of amides is 5. The van der Waals surface area contributed by atoms with Crippen LogP contribution in [0.25, 0.3) is 11.3 Å². The van der Waals surface area contributed by atoms with E-state index in [1.54, 1.807) is 11.0 Å². The van der Waals surface area contributed by atoms with E-state index in [1.807, 2.05) is 28.0 Å². The second kappa shape index (κ2) is 14.4. The number of phenolic OH excluding ortho intramolecular Hbond substituents is 1. The number of nitrogens with one attached hydrogen (secondary N) is 2. The number of phenols is 1. The number of fused-ring (bicyclic) bond motifs is 4. The standard InChI is InChI=1S/C42H51FN10O5/c1-41(2)24-48(21-26-11-13-49(14-12-26)28-8-7-27-22-51(39(57)30(27)19-28)33-9-10-35(54)45-38(33)56)15-17-53(41)40(58)50-16-18-52-34-20-32(29-5-4-6-31(43)36(29)55)46-47-37(34)44-23-42(52,3)25-50/h4-8,19-20,26,33,55H,9-18,21-25H2,1-3H3,(H,44,47)(H,45,54,56). The van der Waals surface area contributed by atoms with Crippen LogP contribution in [0.5, 0.6) is 5.75 Å². The molecule has 58 heavy (non-hydrogen) atoms. The first-order chi connectivity index (χ1) is 27.8. The fourth-order valence-electron chi connectivity index (χ4n) is 10.0. The zero-order valence-corrected chi connectivity index (χ0v) is 33.3. The lowest BCUT2D eigenvalue weighted by atomic mass is 9.92. The molecule has 7 heterocycles. The Labute approximate surface area is 337 Å². The Bertz CT molecular complexity index is 2180. The summed E-state index contributed by atoms with van der Waals surface area (Å²) in [6.07, 6.45) is 2.65. The van der Waals surface area contributed by atoms with Crippen LogP contribution >= 0.6 is 0 Å². The Morgan fingerprint density at radius 2 is 1.74 bits per heavy atom. The molecule has 2 atom stereocenters. The van der Waals surface area contributed by atoms with Crippen molar-refractivity contribution in [2.45, 2.75) is 70.1 Å². The predicted molar refractivity (Wildman–Crippen MR) is 215 cm³/mol. The average Bonchev–Trinajstić information content (AvgIpc) is 3.52. The van der Waals surface area contributed by atoms with Gasteiger partial charge in [-0.25, -0.2) is 9.18 Å². The highest BCUT2D eigenvalue weighted by atomic mass is 19.1. The molecule has 4 fully saturated rings. The molecule has 0 aliphatic carbocycles. The van der Waals surface area contributed by atoms with Crippen molar-refractivity contribution in [3.05, 3.63) is 59.4 Å². The highest BCUT2D eigenvalue weighted by Crippen LogP contribution is 2.41. The average molecular weight is 795 g/mol. The highest BCUT2D eigenvalue weighted by Gasteiger charge is 2.47. The molecular formula is C42H51FN10O5. The number of imide groups is 1. The van der Waals surface area contributed by atoms with Gasteiger partial charge < -0.3 is 34.9 Å². The maximum absolute atomic E-state index is 14.3. The molecule has 4 saturated heterocycles. The Balaban J connectivity index is 0.783. The molecule has 3 aromatic rings. The first-order valence-electron chi connectivity index (χ1n) is 20.5. The van der Waals surface area contributed by atoms with Gasteiger partial charge in [-0.05, 0) is 81.8 Å². The summed E-state index contributed by atoms with van der Waals surface area (Å²) in [5.74, 6) is -0.853. The van der Waals surface area contributed by atoms with Crippen molar-refractivity contribution in [2.24, 2.45) is 5.92 Å². The number of piperidine rings is 2. The van der Waals surface area contributed by atoms with Crippen LogP contribution in [0, 0.1) is 11.7 Å². The summed E-state index contributed by atoms with van der Waals surface area (Å²) < 4.78 is 14.2. The summed E-state index contributed by atoms with van der Waals surface area (Å²) >= 11 is 0. The van der Waals surface area contributed by atoms with Crippen molar-refractivity contribution >= 4 is 40.9 Å². The predicted octanol–water partition coefficient (Wildman–Crippen LogP) is 3.49. The van der Waals surface area contributed by atoms with Gasteiger partial charge in [0.15, 0.2) is 17.4 Å². The minimum absolute atomic E-state index is 0.0518. The largest absolute Gasteiger partial charge is 0.504 e. The van der Waals surface area contributed by atoms with E-state index in [0.29, 0.717) is 68.7 Å². The van der Waals surface area contributed by atoms with E-state index in [2.05, 4.69) is 62.4 Å². The second-order valence-corrected chi connectivity index (χ2v) is 17.7. The fraction of sp³-hybridized carbons (Fsp3) is 0.524. The summed E-state index contributed by atoms with van der Waals surface area (Å²) in [5, 5.41) is 24.8. The molecule has 16 heteroatoms. The van der Waals surface area contributed by atoms with Crippen LogP contribution in [-0.2, 0) is 16.1 Å². The summed E-state index contributed by atoms with van der Waals surface area (Å²) in [7, 11) is 0. The zero-order valence-electron chi connectivity index (χ0n) is 33.3. The van der Waals surface area contributed by atoms with Gasteiger partial charge in [0.25, 0.3) is 5.91 Å². The van der Waals surface area contributed by atoms with Crippen LogP contribution in [0.2, 0.25) is 0 Å². The number of aromatic hydroxyl groups is 1. The third-order valence-electron chi connectivity index (χ3n) is 13.2. The van der Waals surface area contributed by atoms with Crippen LogP contribution in [0.4, 0.5) is 26.4 Å². The lowest BCUT2D eigenvalue weighted by Gasteiger charge is -2.55. The third kappa shape index (κ3) is 6.74. The van der Waals surface area contributed by atoms with Gasteiger partial charge in [-0.1, -0.05) is 12.1 Å². The number of para-hydroxylation sites is 1. The van der Waals surface area contributed by atoms with E-state index in [9.17, 15) is 28.7 Å². The molecule has 2 unspecified atom stereocenters. The van der Waals surface area contributed by atoms with Gasteiger partial charge in [0.1, 0.15) is 6.04 Å². The molecule has 306 valence electrons. The van der Waals surface area contributed by atoms with Crippen LogP contribution < -0.4 is 20.4 Å². The summed E-state index contributed by atoms with van der Waals surface area (Å²) in [6.45, 7) is 14.1. The number of nitrogens with zero attached hydrogens (tertiary/aromatic N) is 8. The SMILES string of the molecule is CC1(C)CN(CC2CCN(c3ccc4c(c3)C(=O)N(C3CCC(=O)NC3=O)C4)CC2)CCN1C(=O)N1CCN2c3cc(-c4cccc(F)c4O)nnc3NCC2(C)C1. The Kier molecular flexibility index (Phi) is 9.44. The molecule has 0 radical (unpaired) electrons. The van der Waals surface area contributed by atoms with E-state index in [1.165, 1.54) is 12.1 Å². The number of urea groups is 1. The monoisotopic (exact) mass is 794 g/mol. The fourth-order valence-corrected chi connectivity index (χ4v) is 10.0. The number of piperazine rings is 2. The van der Waals surface area contributed by atoms with Crippen molar-refractivity contribution < 1.29 is 28.7 Å². The highest BCUT2D eigenvalue weighted by molar-refractivity contribution is 6.05. The van der Waals surface area contributed by atoms with Gasteiger partial charge in [0.05, 0.1) is 22.5 Å². The van der Waals surface area contributed by atoms with Crippen molar-refractivity contribution in [1.82, 2.24) is 35.1 Å². The number of benzene rings is 2. The number of halogens is 1. The van der Waals surface area contributed by atoms with Gasteiger partial charge in [0.2, 0.25) is 11.8 Å². The molecule has 6 aliphatic rings. The topological polar surface area (TPSA) is 158 Å². The van der Waals surface area contributed by atoms with E-state index in [0.717, 1.165) is 62.5 Å². The van der Waals surface area contributed by atoms with Gasteiger partial charge in [-0.2, -0.15) is 0 Å². The van der Waals surface area contributed by atoms with Gasteiger partial charge in [-0.15, -0.1) is 10.2 Å². The van der Waals surface area contributed by atoms with Gasteiger partial charge in [-0.3, -0.25) is 24.6 Å². The van der Waals surface area contributed by atoms with E-state index in [4.69, 9.17) is 0 Å². The van der Waals surface area contributed by atoms with Crippen molar-refractivity contribution in [3.8, 4) is 17.0 Å². The maximum Gasteiger partial charge on any atom is 0.320 e. The number of hydrogen-bond donors (Lipinski definition) is 3. The molecule has 15 nitrogen and oxygen atoms in total. The van der Waals surface area contributed by atoms with E-state index in [-0.39, 0.29) is 35.4 Å². The van der Waals surface area contributed by atoms with Crippen LogP contribution in [-0.4, -0.2) is 141 Å². The Hall–Kier alpha value is -5.51. The summed E-state index contributed by atoms with van der Waals surface area (Å²) in [4.78, 5) is 64.6. The first kappa shape index (κ1) is 38.0. The lowest BCUT2D eigenvalue weighted by Crippen LogP contribution is -2.70. The molecule has 2 aromatic carbocycles. The number of rotatable bonds is 5. The zero-order chi connectivity index (χ0) is 40.5. The lowest BCUT2D eigenvalue weighted by molar-refractivity contribution is -0.136. The molecule has 1 aromatic heterocycles. The minimum Gasteiger partial charge on any atom is -0.504 e. The molecule has 6 aliphatic heterocycles. The second-order valence-electron chi connectivity index (χ2n) is 17.7. The molecular weight excluding hydrogens is 744 g/mol. The Morgan fingerprint density at radius 1 is 0.931 bits per heavy atom. The number of aromatic nitrogens is 2. The van der Waals surface area contributed by atoms with Gasteiger partial charge in [0, 0.05) is 95.2 Å². The number of anilines is 3. The molecule has 0 spiro atoms. The van der Waals surface area contributed by atoms with Crippen LogP contribution in [0.3, 0.4) is 0 Å². The van der Waals surface area contributed by atoms with Crippen LogP contribution in [0.1, 0.15) is 62.4 Å².